The van der Waals surface area contributed by atoms with Crippen molar-refractivity contribution < 1.29 is 4.74 Å². The van der Waals surface area contributed by atoms with Crippen molar-refractivity contribution in [2.24, 2.45) is 5.73 Å². The normalized spacial score (nSPS) is 15.8. The Hall–Kier alpha value is -1.16. The molecule has 1 aliphatic rings. The van der Waals surface area contributed by atoms with E-state index in [9.17, 15) is 0 Å². The lowest BCUT2D eigenvalue weighted by atomic mass is 10.1. The van der Waals surface area contributed by atoms with Gasteiger partial charge < -0.3 is 10.5 Å². The van der Waals surface area contributed by atoms with Crippen LogP contribution in [0.25, 0.3) is 0 Å². The van der Waals surface area contributed by atoms with Gasteiger partial charge >= 0.3 is 0 Å². The van der Waals surface area contributed by atoms with Crippen LogP contribution < -0.4 is 10.5 Å². The molecular formula is C14H20N2OS. The van der Waals surface area contributed by atoms with Crippen molar-refractivity contribution in [2.75, 3.05) is 7.11 Å². The number of hydrogen-bond donors (Lipinski definition) is 2. The fourth-order valence-electron chi connectivity index (χ4n) is 2.32. The highest BCUT2D eigenvalue weighted by molar-refractivity contribution is 7.99. The molecule has 18 heavy (non-hydrogen) atoms. The van der Waals surface area contributed by atoms with Gasteiger partial charge in [0.2, 0.25) is 0 Å². The van der Waals surface area contributed by atoms with Crippen LogP contribution in [0.5, 0.6) is 5.75 Å². The maximum absolute atomic E-state index is 7.49. The van der Waals surface area contributed by atoms with Crippen molar-refractivity contribution in [3.05, 3.63) is 29.3 Å². The number of ether oxygens (including phenoxy) is 1. The molecule has 0 heterocycles. The van der Waals surface area contributed by atoms with E-state index in [1.54, 1.807) is 7.11 Å². The highest BCUT2D eigenvalue weighted by atomic mass is 32.2. The third-order valence-electron chi connectivity index (χ3n) is 3.37. The van der Waals surface area contributed by atoms with Crippen LogP contribution >= 0.6 is 11.8 Å². The SMILES string of the molecule is COc1ccc(C(=N)N)cc1CSC1CCCC1. The molecule has 4 heteroatoms. The molecule has 0 atom stereocenters. The third-order valence-corrected chi connectivity index (χ3v) is 4.79. The second kappa shape index (κ2) is 6.14. The fourth-order valence-corrected chi connectivity index (χ4v) is 3.63. The van der Waals surface area contributed by atoms with Crippen LogP contribution in [0.4, 0.5) is 0 Å². The van der Waals surface area contributed by atoms with Gasteiger partial charge in [0.1, 0.15) is 11.6 Å². The Kier molecular flexibility index (Phi) is 4.53. The third kappa shape index (κ3) is 3.19. The molecule has 1 saturated carbocycles. The molecule has 3 N–H and O–H groups in total. The van der Waals surface area contributed by atoms with Gasteiger partial charge in [-0.1, -0.05) is 12.8 Å². The lowest BCUT2D eigenvalue weighted by molar-refractivity contribution is 0.411. The summed E-state index contributed by atoms with van der Waals surface area (Å²) in [7, 11) is 1.69. The van der Waals surface area contributed by atoms with Crippen molar-refractivity contribution in [2.45, 2.75) is 36.7 Å². The van der Waals surface area contributed by atoms with Crippen LogP contribution in [0.1, 0.15) is 36.8 Å². The number of nitrogen functional groups attached to an aromatic ring is 1. The van der Waals surface area contributed by atoms with Crippen LogP contribution in [-0.4, -0.2) is 18.2 Å². The summed E-state index contributed by atoms with van der Waals surface area (Å²) in [6.07, 6.45) is 5.39. The largest absolute Gasteiger partial charge is 0.496 e. The van der Waals surface area contributed by atoms with Crippen LogP contribution in [0.3, 0.4) is 0 Å². The minimum absolute atomic E-state index is 0.116. The van der Waals surface area contributed by atoms with Crippen molar-refractivity contribution in [3.8, 4) is 5.75 Å². The molecule has 98 valence electrons. The maximum Gasteiger partial charge on any atom is 0.122 e. The van der Waals surface area contributed by atoms with Gasteiger partial charge in [-0.05, 0) is 31.0 Å². The van der Waals surface area contributed by atoms with Crippen molar-refractivity contribution in [1.82, 2.24) is 0 Å². The molecule has 0 saturated heterocycles. The van der Waals surface area contributed by atoms with E-state index in [4.69, 9.17) is 15.9 Å². The summed E-state index contributed by atoms with van der Waals surface area (Å²) in [6, 6.07) is 5.72. The Morgan fingerprint density at radius 3 is 2.78 bits per heavy atom. The Morgan fingerprint density at radius 2 is 2.17 bits per heavy atom. The monoisotopic (exact) mass is 264 g/mol. The lowest BCUT2D eigenvalue weighted by Gasteiger charge is -2.13. The predicted octanol–water partition coefficient (Wildman–Crippen LogP) is 3.16. The number of methoxy groups -OCH3 is 1. The van der Waals surface area contributed by atoms with Crippen LogP contribution in [-0.2, 0) is 5.75 Å². The Labute approximate surface area is 113 Å². The first-order valence-electron chi connectivity index (χ1n) is 6.33. The first-order valence-corrected chi connectivity index (χ1v) is 7.38. The zero-order valence-electron chi connectivity index (χ0n) is 10.7. The number of amidine groups is 1. The summed E-state index contributed by atoms with van der Waals surface area (Å²) in [5.41, 5.74) is 7.44. The second-order valence-corrected chi connectivity index (χ2v) is 5.95. The van der Waals surface area contributed by atoms with E-state index in [0.29, 0.717) is 0 Å². The van der Waals surface area contributed by atoms with Gasteiger partial charge in [0.25, 0.3) is 0 Å². The molecule has 0 radical (unpaired) electrons. The molecule has 0 aromatic heterocycles. The van der Waals surface area contributed by atoms with Gasteiger partial charge in [-0.3, -0.25) is 5.41 Å². The molecule has 1 aliphatic carbocycles. The molecule has 3 nitrogen and oxygen atoms in total. The van der Waals surface area contributed by atoms with E-state index in [1.807, 2.05) is 30.0 Å². The smallest absolute Gasteiger partial charge is 0.122 e. The summed E-state index contributed by atoms with van der Waals surface area (Å²) in [5, 5.41) is 8.28. The molecular weight excluding hydrogens is 244 g/mol. The van der Waals surface area contributed by atoms with Crippen molar-refractivity contribution in [3.63, 3.8) is 0 Å². The second-order valence-electron chi connectivity index (χ2n) is 4.66. The summed E-state index contributed by atoms with van der Waals surface area (Å²) >= 11 is 2.00. The van der Waals surface area contributed by atoms with Crippen LogP contribution in [0.15, 0.2) is 18.2 Å². The van der Waals surface area contributed by atoms with Gasteiger partial charge in [0, 0.05) is 22.1 Å². The first-order chi connectivity index (χ1) is 8.70. The number of rotatable bonds is 5. The summed E-state index contributed by atoms with van der Waals surface area (Å²) in [6.45, 7) is 0. The average Bonchev–Trinajstić information content (AvgIpc) is 2.89. The van der Waals surface area contributed by atoms with E-state index < -0.39 is 0 Å². The quantitative estimate of drug-likeness (QED) is 0.634. The highest BCUT2D eigenvalue weighted by Crippen LogP contribution is 2.33. The molecule has 1 fully saturated rings. The molecule has 2 rings (SSSR count). The van der Waals surface area contributed by atoms with Gasteiger partial charge in [-0.25, -0.2) is 0 Å². The average molecular weight is 264 g/mol. The lowest BCUT2D eigenvalue weighted by Crippen LogP contribution is -2.11. The highest BCUT2D eigenvalue weighted by Gasteiger charge is 2.16. The number of hydrogen-bond acceptors (Lipinski definition) is 3. The van der Waals surface area contributed by atoms with Crippen LogP contribution in [0, 0.1) is 5.41 Å². The number of nitrogens with one attached hydrogen (secondary N) is 1. The van der Waals surface area contributed by atoms with E-state index in [0.717, 1.165) is 27.9 Å². The zero-order valence-corrected chi connectivity index (χ0v) is 11.6. The van der Waals surface area contributed by atoms with Crippen molar-refractivity contribution in [1.29, 1.82) is 5.41 Å². The number of nitrogens with two attached hydrogens (primary N) is 1. The van der Waals surface area contributed by atoms with E-state index in [1.165, 1.54) is 25.7 Å². The van der Waals surface area contributed by atoms with Gasteiger partial charge in [0.15, 0.2) is 0 Å². The van der Waals surface area contributed by atoms with Gasteiger partial charge in [-0.2, -0.15) is 11.8 Å². The van der Waals surface area contributed by atoms with E-state index in [2.05, 4.69) is 0 Å². The van der Waals surface area contributed by atoms with E-state index >= 15 is 0 Å². The summed E-state index contributed by atoms with van der Waals surface area (Å²) < 4.78 is 5.37. The minimum Gasteiger partial charge on any atom is -0.496 e. The predicted molar refractivity (Wildman–Crippen MR) is 77.6 cm³/mol. The maximum atomic E-state index is 7.49. The molecule has 1 aromatic carbocycles. The summed E-state index contributed by atoms with van der Waals surface area (Å²) in [5.74, 6) is 1.95. The fraction of sp³-hybridized carbons (Fsp3) is 0.500. The molecule has 0 aliphatic heterocycles. The van der Waals surface area contributed by atoms with E-state index in [-0.39, 0.29) is 5.84 Å². The molecule has 1 aromatic rings. The van der Waals surface area contributed by atoms with Crippen molar-refractivity contribution >= 4 is 17.6 Å². The summed E-state index contributed by atoms with van der Waals surface area (Å²) in [4.78, 5) is 0. The van der Waals surface area contributed by atoms with Crippen LogP contribution in [0.2, 0.25) is 0 Å². The first kappa shape index (κ1) is 13.3. The Morgan fingerprint density at radius 1 is 1.44 bits per heavy atom. The zero-order chi connectivity index (χ0) is 13.0. The van der Waals surface area contributed by atoms with Gasteiger partial charge in [0.05, 0.1) is 7.11 Å². The molecule has 0 bridgehead atoms. The molecule has 0 amide bonds. The van der Waals surface area contributed by atoms with Gasteiger partial charge in [-0.15, -0.1) is 0 Å². The Balaban J connectivity index is 2.08. The minimum atomic E-state index is 0.116. The number of thioether (sulfide) groups is 1. The molecule has 0 spiro atoms. The topological polar surface area (TPSA) is 59.1 Å². The standard InChI is InChI=1S/C14H20N2OS/c1-17-13-7-6-10(14(15)16)8-11(13)9-18-12-4-2-3-5-12/h6-8,12H,2-5,9H2,1H3,(H3,15,16). The Bertz CT molecular complexity index is 428. The molecule has 0 unspecified atom stereocenters. The number of benzene rings is 1.